The molecule has 130 valence electrons. The van der Waals surface area contributed by atoms with Crippen molar-refractivity contribution < 1.29 is 14.7 Å². The number of amides is 2. The smallest absolute Gasteiger partial charge is 0.407 e. The minimum absolute atomic E-state index is 0.0117. The van der Waals surface area contributed by atoms with E-state index in [1.165, 1.54) is 17.7 Å². The van der Waals surface area contributed by atoms with Gasteiger partial charge in [-0.1, -0.05) is 15.9 Å². The Kier molecular flexibility index (Phi) is 5.43. The molecule has 1 atom stereocenters. The molecule has 1 aromatic rings. The van der Waals surface area contributed by atoms with Crippen LogP contribution in [0.2, 0.25) is 0 Å². The highest BCUT2D eigenvalue weighted by molar-refractivity contribution is 9.10. The van der Waals surface area contributed by atoms with Crippen LogP contribution < -0.4 is 5.32 Å². The van der Waals surface area contributed by atoms with Gasteiger partial charge in [0.1, 0.15) is 0 Å². The van der Waals surface area contributed by atoms with Crippen LogP contribution in [0.5, 0.6) is 0 Å². The minimum Gasteiger partial charge on any atom is -0.465 e. The first-order valence-corrected chi connectivity index (χ1v) is 9.36. The molecule has 0 bridgehead atoms. The summed E-state index contributed by atoms with van der Waals surface area (Å²) in [5.74, 6) is 1.07. The largest absolute Gasteiger partial charge is 0.465 e. The highest BCUT2D eigenvalue weighted by Gasteiger charge is 2.35. The van der Waals surface area contributed by atoms with Gasteiger partial charge in [0.2, 0.25) is 0 Å². The molecule has 2 N–H and O–H groups in total. The average molecular weight is 395 g/mol. The summed E-state index contributed by atoms with van der Waals surface area (Å²) in [7, 11) is 0. The number of carbonyl (C=O) groups is 2. The first-order chi connectivity index (χ1) is 11.5. The van der Waals surface area contributed by atoms with Gasteiger partial charge < -0.3 is 15.3 Å². The highest BCUT2D eigenvalue weighted by atomic mass is 79.9. The van der Waals surface area contributed by atoms with Crippen LogP contribution in [0, 0.1) is 11.8 Å². The molecule has 3 rings (SSSR count). The number of rotatable bonds is 5. The molecule has 0 aromatic heterocycles. The zero-order valence-electron chi connectivity index (χ0n) is 13.6. The maximum Gasteiger partial charge on any atom is 0.407 e. The van der Waals surface area contributed by atoms with Crippen LogP contribution in [0.1, 0.15) is 42.5 Å². The molecule has 1 saturated heterocycles. The van der Waals surface area contributed by atoms with E-state index in [0.717, 1.165) is 23.7 Å². The maximum atomic E-state index is 12.5. The fourth-order valence-electron chi connectivity index (χ4n) is 3.44. The van der Waals surface area contributed by atoms with Gasteiger partial charge in [-0.15, -0.1) is 0 Å². The molecule has 1 aromatic carbocycles. The molecular formula is C18H23BrN2O3. The predicted octanol–water partition coefficient (Wildman–Crippen LogP) is 3.74. The summed E-state index contributed by atoms with van der Waals surface area (Å²) in [6, 6.07) is 7.62. The van der Waals surface area contributed by atoms with Crippen LogP contribution in [0.25, 0.3) is 0 Å². The van der Waals surface area contributed by atoms with E-state index in [2.05, 4.69) is 21.2 Å². The van der Waals surface area contributed by atoms with Crippen molar-refractivity contribution >= 4 is 27.9 Å². The average Bonchev–Trinajstić information content (AvgIpc) is 3.40. The van der Waals surface area contributed by atoms with Gasteiger partial charge in [0, 0.05) is 29.2 Å². The van der Waals surface area contributed by atoms with Crippen LogP contribution in [-0.4, -0.2) is 41.1 Å². The van der Waals surface area contributed by atoms with Crippen LogP contribution in [0.3, 0.4) is 0 Å². The number of hydrogen-bond acceptors (Lipinski definition) is 2. The van der Waals surface area contributed by atoms with Crippen molar-refractivity contribution in [1.29, 1.82) is 0 Å². The third kappa shape index (κ3) is 4.50. The van der Waals surface area contributed by atoms with E-state index in [0.29, 0.717) is 30.5 Å². The van der Waals surface area contributed by atoms with E-state index in [1.54, 1.807) is 0 Å². The van der Waals surface area contributed by atoms with Gasteiger partial charge in [-0.2, -0.15) is 0 Å². The van der Waals surface area contributed by atoms with Crippen molar-refractivity contribution in [2.75, 3.05) is 13.1 Å². The maximum absolute atomic E-state index is 12.5. The van der Waals surface area contributed by atoms with Crippen LogP contribution in [0.4, 0.5) is 4.79 Å². The first-order valence-electron chi connectivity index (χ1n) is 8.57. The molecule has 2 aliphatic rings. The van der Waals surface area contributed by atoms with Crippen LogP contribution in [0.15, 0.2) is 28.7 Å². The molecule has 0 spiro atoms. The molecule has 1 heterocycles. The van der Waals surface area contributed by atoms with E-state index >= 15 is 0 Å². The Morgan fingerprint density at radius 1 is 1.17 bits per heavy atom. The lowest BCUT2D eigenvalue weighted by molar-refractivity contribution is 0.0915. The van der Waals surface area contributed by atoms with Crippen molar-refractivity contribution in [3.05, 3.63) is 34.3 Å². The Hall–Kier alpha value is -1.56. The molecule has 2 fully saturated rings. The number of carboxylic acid groups (broad SMARTS) is 1. The predicted molar refractivity (Wildman–Crippen MR) is 95.1 cm³/mol. The van der Waals surface area contributed by atoms with E-state index in [9.17, 15) is 9.59 Å². The number of carbonyl (C=O) groups excluding carboxylic acids is 1. The Morgan fingerprint density at radius 2 is 1.79 bits per heavy atom. The number of nitrogens with zero attached hydrogens (tertiary/aromatic N) is 1. The number of hydrogen-bond donors (Lipinski definition) is 2. The monoisotopic (exact) mass is 394 g/mol. The summed E-state index contributed by atoms with van der Waals surface area (Å²) < 4.78 is 0.961. The minimum atomic E-state index is -0.823. The second-order valence-electron chi connectivity index (χ2n) is 6.87. The molecule has 1 saturated carbocycles. The molecular weight excluding hydrogens is 372 g/mol. The van der Waals surface area contributed by atoms with Crippen molar-refractivity contribution in [3.8, 4) is 0 Å². The summed E-state index contributed by atoms with van der Waals surface area (Å²) in [6.45, 7) is 1.22. The fourth-order valence-corrected chi connectivity index (χ4v) is 3.70. The van der Waals surface area contributed by atoms with Gasteiger partial charge >= 0.3 is 6.09 Å². The van der Waals surface area contributed by atoms with E-state index in [1.807, 2.05) is 24.3 Å². The van der Waals surface area contributed by atoms with Crippen LogP contribution in [-0.2, 0) is 0 Å². The molecule has 2 amide bonds. The summed E-state index contributed by atoms with van der Waals surface area (Å²) in [6.07, 6.45) is 4.28. The molecule has 1 aliphatic heterocycles. The quantitative estimate of drug-likeness (QED) is 0.798. The Morgan fingerprint density at radius 3 is 2.33 bits per heavy atom. The van der Waals surface area contributed by atoms with Gasteiger partial charge in [0.05, 0.1) is 0 Å². The van der Waals surface area contributed by atoms with Crippen LogP contribution >= 0.6 is 15.9 Å². The van der Waals surface area contributed by atoms with E-state index in [4.69, 9.17) is 5.11 Å². The highest BCUT2D eigenvalue weighted by Crippen LogP contribution is 2.37. The third-order valence-corrected chi connectivity index (χ3v) is 5.61. The zero-order chi connectivity index (χ0) is 17.1. The molecule has 0 unspecified atom stereocenters. The lowest BCUT2D eigenvalue weighted by atomic mass is 9.88. The Labute approximate surface area is 150 Å². The molecule has 5 nitrogen and oxygen atoms in total. The fraction of sp³-hybridized carbons (Fsp3) is 0.556. The second kappa shape index (κ2) is 7.55. The molecule has 0 radical (unpaired) electrons. The topological polar surface area (TPSA) is 69.6 Å². The number of nitrogens with one attached hydrogen (secondary N) is 1. The van der Waals surface area contributed by atoms with Gasteiger partial charge in [0.15, 0.2) is 0 Å². The van der Waals surface area contributed by atoms with E-state index in [-0.39, 0.29) is 11.9 Å². The van der Waals surface area contributed by atoms with Gasteiger partial charge in [0.25, 0.3) is 5.91 Å². The number of halogens is 1. The number of benzene rings is 1. The molecule has 6 heteroatoms. The van der Waals surface area contributed by atoms with Gasteiger partial charge in [-0.3, -0.25) is 4.79 Å². The van der Waals surface area contributed by atoms with Gasteiger partial charge in [-0.25, -0.2) is 4.79 Å². The van der Waals surface area contributed by atoms with Crippen molar-refractivity contribution in [3.63, 3.8) is 0 Å². The lowest BCUT2D eigenvalue weighted by Gasteiger charge is -2.32. The first kappa shape index (κ1) is 17.3. The second-order valence-corrected chi connectivity index (χ2v) is 7.79. The normalized spacial score (nSPS) is 19.8. The number of piperidine rings is 1. The molecule has 1 aliphatic carbocycles. The SMILES string of the molecule is O=C(N[C@@H](CC1CCN(C(=O)O)CC1)C1CC1)c1ccc(Br)cc1. The third-order valence-electron chi connectivity index (χ3n) is 5.09. The summed E-state index contributed by atoms with van der Waals surface area (Å²) >= 11 is 3.38. The molecule has 24 heavy (non-hydrogen) atoms. The zero-order valence-corrected chi connectivity index (χ0v) is 15.2. The van der Waals surface area contributed by atoms with Gasteiger partial charge in [-0.05, 0) is 68.2 Å². The van der Waals surface area contributed by atoms with E-state index < -0.39 is 6.09 Å². The number of likely N-dealkylation sites (tertiary alicyclic amines) is 1. The summed E-state index contributed by atoms with van der Waals surface area (Å²) in [4.78, 5) is 25.0. The standard InChI is InChI=1S/C18H23BrN2O3/c19-15-5-3-14(4-6-15)17(22)20-16(13-1-2-13)11-12-7-9-21(10-8-12)18(23)24/h3-6,12-13,16H,1-2,7-11H2,(H,20,22)(H,23,24)/t16-/m0/s1. The Bertz CT molecular complexity index is 593. The summed E-state index contributed by atoms with van der Waals surface area (Å²) in [5.41, 5.74) is 0.685. The van der Waals surface area contributed by atoms with Crippen molar-refractivity contribution in [2.24, 2.45) is 11.8 Å². The summed E-state index contributed by atoms with van der Waals surface area (Å²) in [5, 5.41) is 12.2. The lowest BCUT2D eigenvalue weighted by Crippen LogP contribution is -2.42. The Balaban J connectivity index is 1.55. The van der Waals surface area contributed by atoms with Crippen molar-refractivity contribution in [2.45, 2.75) is 38.1 Å². The van der Waals surface area contributed by atoms with Crippen molar-refractivity contribution in [1.82, 2.24) is 10.2 Å².